The second-order valence-electron chi connectivity index (χ2n) is 14.6. The number of urea groups is 1. The number of amides is 2. The van der Waals surface area contributed by atoms with Crippen LogP contribution in [-0.4, -0.2) is 47.4 Å². The first-order chi connectivity index (χ1) is 20.8. The van der Waals surface area contributed by atoms with E-state index in [2.05, 4.69) is 75.3 Å². The number of aromatic hydroxyl groups is 1. The lowest BCUT2D eigenvalue weighted by Gasteiger charge is -2.48. The van der Waals surface area contributed by atoms with Crippen molar-refractivity contribution < 1.29 is 19.0 Å². The predicted octanol–water partition coefficient (Wildman–Crippen LogP) is 7.47. The second-order valence-corrected chi connectivity index (χ2v) is 14.6. The van der Waals surface area contributed by atoms with Crippen molar-refractivity contribution in [3.05, 3.63) is 94.3 Å². The van der Waals surface area contributed by atoms with Gasteiger partial charge < -0.3 is 20.5 Å². The molecular formula is C37H48FN3O3. The van der Waals surface area contributed by atoms with Crippen LogP contribution in [0, 0.1) is 5.82 Å². The molecule has 3 aromatic carbocycles. The molecule has 2 fully saturated rings. The number of morpholine rings is 1. The number of carbonyl (C=O) groups excluding carboxylic acids is 1. The Bertz CT molecular complexity index is 1410. The van der Waals surface area contributed by atoms with Gasteiger partial charge in [0.2, 0.25) is 0 Å². The summed E-state index contributed by atoms with van der Waals surface area (Å²) >= 11 is 0. The maximum atomic E-state index is 13.4. The highest BCUT2D eigenvalue weighted by atomic mass is 19.1. The summed E-state index contributed by atoms with van der Waals surface area (Å²) in [4.78, 5) is 15.7. The zero-order valence-corrected chi connectivity index (χ0v) is 27.0. The first-order valence-electron chi connectivity index (χ1n) is 15.9. The Balaban J connectivity index is 1.23. The monoisotopic (exact) mass is 601 g/mol. The molecule has 2 heterocycles. The van der Waals surface area contributed by atoms with Crippen LogP contribution in [0.5, 0.6) is 5.75 Å². The van der Waals surface area contributed by atoms with E-state index >= 15 is 0 Å². The van der Waals surface area contributed by atoms with E-state index in [4.69, 9.17) is 4.74 Å². The first kappa shape index (κ1) is 32.0. The van der Waals surface area contributed by atoms with Crippen molar-refractivity contribution in [2.24, 2.45) is 0 Å². The quantitative estimate of drug-likeness (QED) is 0.263. The normalized spacial score (nSPS) is 20.8. The molecule has 1 unspecified atom stereocenters. The molecule has 2 saturated heterocycles. The van der Waals surface area contributed by atoms with Gasteiger partial charge in [0.1, 0.15) is 11.6 Å². The summed E-state index contributed by atoms with van der Waals surface area (Å²) in [6, 6.07) is 19.2. The van der Waals surface area contributed by atoms with Gasteiger partial charge in [0, 0.05) is 30.4 Å². The number of phenolic OH excluding ortho intramolecular Hbond substituents is 1. The lowest BCUT2D eigenvalue weighted by atomic mass is 9.78. The van der Waals surface area contributed by atoms with Crippen LogP contribution in [0.1, 0.15) is 82.2 Å². The maximum Gasteiger partial charge on any atom is 0.319 e. The number of anilines is 1. The van der Waals surface area contributed by atoms with Gasteiger partial charge in [-0.2, -0.15) is 0 Å². The zero-order chi connectivity index (χ0) is 31.6. The van der Waals surface area contributed by atoms with Gasteiger partial charge in [-0.15, -0.1) is 0 Å². The molecule has 2 aliphatic rings. The number of fused-ring (bicyclic) bond motifs is 2. The molecule has 2 amide bonds. The largest absolute Gasteiger partial charge is 0.507 e. The van der Waals surface area contributed by atoms with Crippen molar-refractivity contribution in [3.8, 4) is 5.75 Å². The van der Waals surface area contributed by atoms with E-state index in [9.17, 15) is 14.3 Å². The predicted molar refractivity (Wildman–Crippen MR) is 175 cm³/mol. The topological polar surface area (TPSA) is 73.8 Å². The fourth-order valence-electron chi connectivity index (χ4n) is 6.63. The van der Waals surface area contributed by atoms with Crippen LogP contribution in [0.4, 0.5) is 14.9 Å². The number of ether oxygens (including phenoxy) is 1. The molecule has 0 aliphatic carbocycles. The molecule has 6 nitrogen and oxygen atoms in total. The summed E-state index contributed by atoms with van der Waals surface area (Å²) in [6.45, 7) is 14.8. The van der Waals surface area contributed by atoms with Crippen LogP contribution in [0.2, 0.25) is 0 Å². The third-order valence-corrected chi connectivity index (χ3v) is 9.02. The van der Waals surface area contributed by atoms with Gasteiger partial charge in [0.15, 0.2) is 0 Å². The molecule has 0 saturated carbocycles. The Kier molecular flexibility index (Phi) is 9.38. The van der Waals surface area contributed by atoms with Crippen molar-refractivity contribution in [3.63, 3.8) is 0 Å². The number of para-hydroxylation sites is 1. The number of halogens is 1. The van der Waals surface area contributed by atoms with E-state index < -0.39 is 0 Å². The number of nitrogens with one attached hydrogen (secondary N) is 2. The van der Waals surface area contributed by atoms with Crippen LogP contribution >= 0.6 is 0 Å². The number of hydrogen-bond acceptors (Lipinski definition) is 4. The van der Waals surface area contributed by atoms with E-state index in [1.54, 1.807) is 0 Å². The third-order valence-electron chi connectivity index (χ3n) is 9.02. The lowest BCUT2D eigenvalue weighted by Crippen LogP contribution is -2.60. The zero-order valence-electron chi connectivity index (χ0n) is 27.0. The van der Waals surface area contributed by atoms with Gasteiger partial charge >= 0.3 is 6.03 Å². The van der Waals surface area contributed by atoms with Crippen LogP contribution in [0.25, 0.3) is 0 Å². The summed E-state index contributed by atoms with van der Waals surface area (Å²) in [5.74, 6) is 0.168. The lowest BCUT2D eigenvalue weighted by molar-refractivity contribution is -0.0839. The van der Waals surface area contributed by atoms with Gasteiger partial charge in [-0.25, -0.2) is 9.18 Å². The highest BCUT2D eigenvalue weighted by Gasteiger charge is 2.39. The minimum Gasteiger partial charge on any atom is -0.507 e. The SMILES string of the molecule is CC(C)(C)c1cc(CCc2ccccc2NC(=O)NC2C[C@H]3COC[C@@H](C2)N3Cc2ccc(F)cc2)cc(C(C)(C)C)c1O. The number of nitrogens with zero attached hydrogens (tertiary/aromatic N) is 1. The molecule has 3 N–H and O–H groups in total. The van der Waals surface area contributed by atoms with Crippen molar-refractivity contribution in [2.75, 3.05) is 18.5 Å². The van der Waals surface area contributed by atoms with Gasteiger partial charge in [0.25, 0.3) is 0 Å². The smallest absolute Gasteiger partial charge is 0.319 e. The molecule has 7 heteroatoms. The van der Waals surface area contributed by atoms with Gasteiger partial charge in [-0.1, -0.05) is 84.0 Å². The van der Waals surface area contributed by atoms with E-state index in [1.165, 1.54) is 17.7 Å². The van der Waals surface area contributed by atoms with Crippen molar-refractivity contribution >= 4 is 11.7 Å². The van der Waals surface area contributed by atoms with E-state index in [0.717, 1.165) is 60.2 Å². The Morgan fingerprint density at radius 3 is 2.07 bits per heavy atom. The molecule has 0 radical (unpaired) electrons. The third kappa shape index (κ3) is 7.62. The fourth-order valence-corrected chi connectivity index (χ4v) is 6.63. The Morgan fingerprint density at radius 1 is 0.886 bits per heavy atom. The number of piperidine rings is 1. The number of rotatable bonds is 7. The fraction of sp³-hybridized carbons (Fsp3) is 0.486. The summed E-state index contributed by atoms with van der Waals surface area (Å²) in [5, 5.41) is 17.5. The van der Waals surface area contributed by atoms with Gasteiger partial charge in [-0.05, 0) is 82.5 Å². The average Bonchev–Trinajstić information content (AvgIpc) is 2.93. The number of benzene rings is 3. The van der Waals surface area contributed by atoms with Crippen molar-refractivity contribution in [1.82, 2.24) is 10.2 Å². The summed E-state index contributed by atoms with van der Waals surface area (Å²) < 4.78 is 19.3. The van der Waals surface area contributed by atoms with E-state index in [0.29, 0.717) is 19.0 Å². The molecule has 236 valence electrons. The Labute approximate surface area is 262 Å². The van der Waals surface area contributed by atoms with Gasteiger partial charge in [0.05, 0.1) is 13.2 Å². The average molecular weight is 602 g/mol. The van der Waals surface area contributed by atoms with E-state index in [-0.39, 0.29) is 40.8 Å². The number of carbonyl (C=O) groups is 1. The van der Waals surface area contributed by atoms with Crippen molar-refractivity contribution in [1.29, 1.82) is 0 Å². The Morgan fingerprint density at radius 2 is 1.48 bits per heavy atom. The summed E-state index contributed by atoms with van der Waals surface area (Å²) in [5.41, 5.74) is 5.71. The van der Waals surface area contributed by atoms with Crippen molar-refractivity contribution in [2.45, 2.75) is 103 Å². The maximum absolute atomic E-state index is 13.4. The molecule has 0 aromatic heterocycles. The molecule has 3 atom stereocenters. The summed E-state index contributed by atoms with van der Waals surface area (Å²) in [6.07, 6.45) is 3.17. The molecular weight excluding hydrogens is 553 g/mol. The van der Waals surface area contributed by atoms with Crippen LogP contribution in [0.3, 0.4) is 0 Å². The highest BCUT2D eigenvalue weighted by Crippen LogP contribution is 2.40. The van der Waals surface area contributed by atoms with Crippen LogP contribution in [0.15, 0.2) is 60.7 Å². The highest BCUT2D eigenvalue weighted by molar-refractivity contribution is 5.90. The Hall–Kier alpha value is -3.42. The van der Waals surface area contributed by atoms with Crippen LogP contribution < -0.4 is 10.6 Å². The summed E-state index contributed by atoms with van der Waals surface area (Å²) in [7, 11) is 0. The van der Waals surface area contributed by atoms with Gasteiger partial charge in [-0.3, -0.25) is 4.90 Å². The molecule has 0 spiro atoms. The molecule has 2 bridgehead atoms. The number of aryl methyl sites for hydroxylation is 2. The minimum atomic E-state index is -0.225. The molecule has 5 rings (SSSR count). The molecule has 3 aromatic rings. The number of hydrogen-bond donors (Lipinski definition) is 3. The van der Waals surface area contributed by atoms with E-state index in [1.807, 2.05) is 30.3 Å². The van der Waals surface area contributed by atoms with Crippen LogP contribution in [-0.2, 0) is 35.0 Å². The molecule has 2 aliphatic heterocycles. The first-order valence-corrected chi connectivity index (χ1v) is 15.9. The minimum absolute atomic E-state index is 0.0502. The second kappa shape index (κ2) is 12.9. The number of phenols is 1. The molecule has 44 heavy (non-hydrogen) atoms. The standard InChI is InChI=1S/C37H48FN3O3/c1-36(2,3)31-17-25(18-32(34(31)42)37(4,5)6)11-14-26-9-7-8-10-33(26)40-35(43)39-28-19-29-22-44-23-30(20-28)41(29)21-24-12-15-27(38)16-13-24/h7-10,12-13,15-18,28-30,42H,11,14,19-23H2,1-6H3,(H2,39,40,43)/t28?,29-,30+.